The Kier molecular flexibility index (Phi) is 5.67. The van der Waals surface area contributed by atoms with Gasteiger partial charge in [-0.15, -0.1) is 0 Å². The summed E-state index contributed by atoms with van der Waals surface area (Å²) in [5.41, 5.74) is 1.04. The van der Waals surface area contributed by atoms with Gasteiger partial charge in [0.15, 0.2) is 24.1 Å². The maximum Gasteiger partial charge on any atom is 0.259 e. The second-order valence-corrected chi connectivity index (χ2v) is 5.65. The monoisotopic (exact) mass is 320 g/mol. The Morgan fingerprint density at radius 3 is 2.83 bits per heavy atom. The molecule has 1 heterocycles. The third-order valence-corrected chi connectivity index (χ3v) is 3.44. The number of carbonyl (C=O) groups is 1. The number of nitrogens with one attached hydrogen (secondary N) is 2. The molecule has 1 amide bonds. The number of ether oxygens (including phenoxy) is 2. The molecule has 0 aromatic heterocycles. The summed E-state index contributed by atoms with van der Waals surface area (Å²) in [7, 11) is 4.97. The van der Waals surface area contributed by atoms with Gasteiger partial charge in [0, 0.05) is 26.7 Å². The Morgan fingerprint density at radius 2 is 2.22 bits per heavy atom. The summed E-state index contributed by atoms with van der Waals surface area (Å²) in [6.07, 6.45) is 0. The molecule has 7 nitrogen and oxygen atoms in total. The summed E-state index contributed by atoms with van der Waals surface area (Å²) in [5, 5.41) is 6.49. The summed E-state index contributed by atoms with van der Waals surface area (Å²) in [5.74, 6) is 1.87. The number of likely N-dealkylation sites (N-methyl/N-ethyl adjacent to an activating group) is 1. The van der Waals surface area contributed by atoms with Crippen LogP contribution in [0.25, 0.3) is 0 Å². The first-order chi connectivity index (χ1) is 11.0. The van der Waals surface area contributed by atoms with Crippen molar-refractivity contribution in [3.63, 3.8) is 0 Å². The highest BCUT2D eigenvalue weighted by atomic mass is 16.5. The van der Waals surface area contributed by atoms with Gasteiger partial charge in [-0.2, -0.15) is 0 Å². The van der Waals surface area contributed by atoms with E-state index in [9.17, 15) is 4.79 Å². The van der Waals surface area contributed by atoms with Gasteiger partial charge in [-0.1, -0.05) is 6.07 Å². The minimum absolute atomic E-state index is 0.0143. The van der Waals surface area contributed by atoms with E-state index in [4.69, 9.17) is 9.47 Å². The Labute approximate surface area is 136 Å². The third kappa shape index (κ3) is 4.77. The van der Waals surface area contributed by atoms with Crippen molar-refractivity contribution in [2.24, 2.45) is 4.99 Å². The number of hydrogen-bond donors (Lipinski definition) is 2. The first-order valence-electron chi connectivity index (χ1n) is 7.54. The first-order valence-corrected chi connectivity index (χ1v) is 7.54. The van der Waals surface area contributed by atoms with E-state index in [2.05, 4.69) is 22.5 Å². The molecule has 2 N–H and O–H groups in total. The second-order valence-electron chi connectivity index (χ2n) is 5.65. The molecule has 23 heavy (non-hydrogen) atoms. The highest BCUT2D eigenvalue weighted by Gasteiger charge is 2.13. The fraction of sp³-hybridized carbons (Fsp3) is 0.500. The van der Waals surface area contributed by atoms with Gasteiger partial charge in [0.1, 0.15) is 0 Å². The van der Waals surface area contributed by atoms with Crippen molar-refractivity contribution in [3.05, 3.63) is 23.8 Å². The molecule has 0 spiro atoms. The van der Waals surface area contributed by atoms with Crippen molar-refractivity contribution in [1.82, 2.24) is 15.5 Å². The maximum absolute atomic E-state index is 11.6. The van der Waals surface area contributed by atoms with Crippen LogP contribution in [0.5, 0.6) is 11.5 Å². The van der Waals surface area contributed by atoms with Crippen LogP contribution in [0, 0.1) is 0 Å². The number of benzene rings is 1. The molecule has 7 heteroatoms. The van der Waals surface area contributed by atoms with E-state index < -0.39 is 0 Å². The van der Waals surface area contributed by atoms with Crippen molar-refractivity contribution in [3.8, 4) is 11.5 Å². The van der Waals surface area contributed by atoms with Crippen molar-refractivity contribution < 1.29 is 14.3 Å². The summed E-state index contributed by atoms with van der Waals surface area (Å²) in [6.45, 7) is 3.49. The highest BCUT2D eigenvalue weighted by molar-refractivity contribution is 5.81. The lowest BCUT2D eigenvalue weighted by molar-refractivity contribution is -0.130. The van der Waals surface area contributed by atoms with Crippen LogP contribution in [0.15, 0.2) is 23.2 Å². The number of nitrogens with zero attached hydrogens (tertiary/aromatic N) is 2. The lowest BCUT2D eigenvalue weighted by atomic mass is 10.2. The Balaban J connectivity index is 1.94. The number of rotatable bonds is 6. The minimum atomic E-state index is -0.0998. The zero-order valence-corrected chi connectivity index (χ0v) is 14.0. The largest absolute Gasteiger partial charge is 0.493 e. The molecule has 1 aromatic rings. The zero-order chi connectivity index (χ0) is 16.8. The van der Waals surface area contributed by atoms with Crippen LogP contribution < -0.4 is 20.1 Å². The van der Waals surface area contributed by atoms with E-state index in [-0.39, 0.29) is 12.5 Å². The molecular formula is C16H24N4O3. The van der Waals surface area contributed by atoms with Crippen LogP contribution in [0.1, 0.15) is 12.5 Å². The third-order valence-electron chi connectivity index (χ3n) is 3.44. The van der Waals surface area contributed by atoms with Gasteiger partial charge in [-0.05, 0) is 24.6 Å². The average molecular weight is 320 g/mol. The number of aliphatic imine (C=N–C) groups is 1. The topological polar surface area (TPSA) is 75.2 Å². The summed E-state index contributed by atoms with van der Waals surface area (Å²) < 4.78 is 10.9. The van der Waals surface area contributed by atoms with E-state index in [0.29, 0.717) is 24.1 Å². The second kappa shape index (κ2) is 7.71. The molecule has 0 bridgehead atoms. The van der Waals surface area contributed by atoms with E-state index in [1.165, 1.54) is 4.90 Å². The predicted molar refractivity (Wildman–Crippen MR) is 88.9 cm³/mol. The van der Waals surface area contributed by atoms with E-state index in [1.54, 1.807) is 21.2 Å². The number of amides is 1. The molecule has 0 fully saturated rings. The fourth-order valence-corrected chi connectivity index (χ4v) is 2.06. The van der Waals surface area contributed by atoms with E-state index >= 15 is 0 Å². The van der Waals surface area contributed by atoms with Gasteiger partial charge in [0.25, 0.3) is 5.91 Å². The van der Waals surface area contributed by atoms with Gasteiger partial charge < -0.3 is 25.0 Å². The average Bonchev–Trinajstić information content (AvgIpc) is 2.96. The molecule has 2 rings (SSSR count). The Morgan fingerprint density at radius 1 is 1.43 bits per heavy atom. The van der Waals surface area contributed by atoms with Crippen LogP contribution >= 0.6 is 0 Å². The zero-order valence-electron chi connectivity index (χ0n) is 14.0. The van der Waals surface area contributed by atoms with E-state index in [1.807, 2.05) is 18.2 Å². The van der Waals surface area contributed by atoms with Crippen LogP contribution in [-0.2, 0) is 11.3 Å². The Bertz CT molecular complexity index is 587. The number of guanidine groups is 1. The first kappa shape index (κ1) is 16.9. The molecule has 1 atom stereocenters. The van der Waals surface area contributed by atoms with Crippen molar-refractivity contribution in [1.29, 1.82) is 0 Å². The minimum Gasteiger partial charge on any atom is -0.493 e. The lowest BCUT2D eigenvalue weighted by Gasteiger charge is -2.15. The van der Waals surface area contributed by atoms with Crippen molar-refractivity contribution >= 4 is 11.9 Å². The molecule has 0 radical (unpaired) electrons. The highest BCUT2D eigenvalue weighted by Crippen LogP contribution is 2.28. The number of carbonyl (C=O) groups excluding carboxylic acids is 1. The normalized spacial score (nSPS) is 16.3. The predicted octanol–water partition coefficient (Wildman–Crippen LogP) is 0.600. The maximum atomic E-state index is 11.6. The molecule has 1 aromatic carbocycles. The Hall–Kier alpha value is -2.44. The standard InChI is InChI=1S/C16H24N4O3/c1-11-8-17-16(19-11)18-9-12-5-6-13(14(7-12)22-4)23-10-15(21)20(2)3/h5-7,11H,8-10H2,1-4H3,(H2,17,18,19). The van der Waals surface area contributed by atoms with Crippen molar-refractivity contribution in [2.45, 2.75) is 19.5 Å². The van der Waals surface area contributed by atoms with Gasteiger partial charge in [-0.25, -0.2) is 0 Å². The molecule has 0 saturated carbocycles. The van der Waals surface area contributed by atoms with Crippen molar-refractivity contribution in [2.75, 3.05) is 34.4 Å². The van der Waals surface area contributed by atoms with Crippen LogP contribution in [-0.4, -0.2) is 57.2 Å². The molecular weight excluding hydrogens is 296 g/mol. The molecule has 1 unspecified atom stereocenters. The van der Waals surface area contributed by atoms with Gasteiger partial charge in [0.05, 0.1) is 13.7 Å². The molecule has 0 saturated heterocycles. The lowest BCUT2D eigenvalue weighted by Crippen LogP contribution is -2.37. The van der Waals surface area contributed by atoms with Crippen LogP contribution in [0.4, 0.5) is 0 Å². The van der Waals surface area contributed by atoms with E-state index in [0.717, 1.165) is 18.1 Å². The number of methoxy groups -OCH3 is 1. The smallest absolute Gasteiger partial charge is 0.259 e. The summed E-state index contributed by atoms with van der Waals surface area (Å²) in [6, 6.07) is 6.01. The SMILES string of the molecule is COc1cc(CNC2=NCC(C)N2)ccc1OCC(=O)N(C)C. The van der Waals surface area contributed by atoms with Crippen LogP contribution in [0.3, 0.4) is 0 Å². The fourth-order valence-electron chi connectivity index (χ4n) is 2.06. The van der Waals surface area contributed by atoms with Gasteiger partial charge in [-0.3, -0.25) is 9.79 Å². The molecule has 1 aliphatic heterocycles. The summed E-state index contributed by atoms with van der Waals surface area (Å²) in [4.78, 5) is 17.4. The molecule has 1 aliphatic rings. The molecule has 0 aliphatic carbocycles. The van der Waals surface area contributed by atoms with Crippen LogP contribution in [0.2, 0.25) is 0 Å². The molecule has 126 valence electrons. The van der Waals surface area contributed by atoms with Gasteiger partial charge in [0.2, 0.25) is 0 Å². The van der Waals surface area contributed by atoms with Gasteiger partial charge >= 0.3 is 0 Å². The quantitative estimate of drug-likeness (QED) is 0.803. The number of hydrogen-bond acceptors (Lipinski definition) is 6. The summed E-state index contributed by atoms with van der Waals surface area (Å²) >= 11 is 0.